The molecule has 0 unspecified atom stereocenters. The molecule has 2 rings (SSSR count). The summed E-state index contributed by atoms with van der Waals surface area (Å²) in [6.45, 7) is 1.05. The molecule has 0 atom stereocenters. The molecule has 0 amide bonds. The Labute approximate surface area is 108 Å². The predicted molar refractivity (Wildman–Crippen MR) is 69.9 cm³/mol. The molecule has 0 fully saturated rings. The van der Waals surface area contributed by atoms with Crippen molar-refractivity contribution in [2.75, 3.05) is 5.43 Å². The van der Waals surface area contributed by atoms with Crippen molar-refractivity contribution in [2.45, 2.75) is 13.2 Å². The third kappa shape index (κ3) is 3.67. The maximum atomic E-state index is 5.88. The second-order valence-corrected chi connectivity index (χ2v) is 4.95. The van der Waals surface area contributed by atoms with E-state index in [1.54, 1.807) is 6.20 Å². The molecular formula is C11H12ClN3OS. The van der Waals surface area contributed by atoms with Crippen molar-refractivity contribution in [3.63, 3.8) is 0 Å². The highest BCUT2D eigenvalue weighted by atomic mass is 35.5. The molecule has 0 radical (unpaired) electrons. The van der Waals surface area contributed by atoms with Gasteiger partial charge in [0.1, 0.15) is 0 Å². The molecule has 0 aliphatic heterocycles. The van der Waals surface area contributed by atoms with Gasteiger partial charge in [-0.1, -0.05) is 35.1 Å². The molecule has 1 aromatic carbocycles. The third-order valence-corrected chi connectivity index (χ3v) is 3.22. The fourth-order valence-electron chi connectivity index (χ4n) is 1.34. The van der Waals surface area contributed by atoms with Crippen LogP contribution < -0.4 is 11.3 Å². The Kier molecular flexibility index (Phi) is 4.33. The molecule has 90 valence electrons. The Hall–Kier alpha value is -1.14. The highest BCUT2D eigenvalue weighted by molar-refractivity contribution is 7.15. The van der Waals surface area contributed by atoms with E-state index in [4.69, 9.17) is 22.2 Å². The average Bonchev–Trinajstić information content (AvgIpc) is 2.77. The van der Waals surface area contributed by atoms with Crippen LogP contribution in [0.2, 0.25) is 5.02 Å². The van der Waals surface area contributed by atoms with Crippen molar-refractivity contribution in [1.82, 2.24) is 4.98 Å². The van der Waals surface area contributed by atoms with Gasteiger partial charge in [-0.25, -0.2) is 10.8 Å². The number of anilines is 1. The number of ether oxygens (including phenoxy) is 1. The lowest BCUT2D eigenvalue weighted by atomic mass is 10.2. The lowest BCUT2D eigenvalue weighted by molar-refractivity contribution is 0.109. The van der Waals surface area contributed by atoms with E-state index in [0.29, 0.717) is 18.3 Å². The van der Waals surface area contributed by atoms with Gasteiger partial charge in [-0.2, -0.15) is 0 Å². The van der Waals surface area contributed by atoms with Crippen LogP contribution in [-0.2, 0) is 18.0 Å². The zero-order chi connectivity index (χ0) is 12.1. The molecule has 1 heterocycles. The molecule has 1 aromatic heterocycles. The number of nitrogens with two attached hydrogens (primary N) is 1. The van der Waals surface area contributed by atoms with Gasteiger partial charge >= 0.3 is 0 Å². The maximum Gasteiger partial charge on any atom is 0.197 e. The molecule has 2 aromatic rings. The summed E-state index contributed by atoms with van der Waals surface area (Å²) in [7, 11) is 0. The van der Waals surface area contributed by atoms with Gasteiger partial charge in [-0.15, -0.1) is 0 Å². The quantitative estimate of drug-likeness (QED) is 0.647. The number of halogens is 1. The van der Waals surface area contributed by atoms with Crippen LogP contribution in [0.25, 0.3) is 0 Å². The number of benzene rings is 1. The van der Waals surface area contributed by atoms with Crippen LogP contribution in [0.5, 0.6) is 0 Å². The average molecular weight is 270 g/mol. The summed E-state index contributed by atoms with van der Waals surface area (Å²) in [5, 5.41) is 1.41. The molecule has 0 spiro atoms. The summed E-state index contributed by atoms with van der Waals surface area (Å²) in [6, 6.07) is 7.62. The summed E-state index contributed by atoms with van der Waals surface area (Å²) in [4.78, 5) is 5.08. The number of hydrazine groups is 1. The molecule has 6 heteroatoms. The largest absolute Gasteiger partial charge is 0.371 e. The minimum atomic E-state index is 0.520. The van der Waals surface area contributed by atoms with E-state index < -0.39 is 0 Å². The zero-order valence-electron chi connectivity index (χ0n) is 9.02. The van der Waals surface area contributed by atoms with Crippen molar-refractivity contribution < 1.29 is 4.74 Å². The van der Waals surface area contributed by atoms with Gasteiger partial charge in [-0.3, -0.25) is 5.43 Å². The molecular weight excluding hydrogens is 258 g/mol. The maximum absolute atomic E-state index is 5.88. The van der Waals surface area contributed by atoms with E-state index in [2.05, 4.69) is 10.4 Å². The van der Waals surface area contributed by atoms with E-state index in [0.717, 1.165) is 15.5 Å². The van der Waals surface area contributed by atoms with E-state index in [1.165, 1.54) is 11.3 Å². The Balaban J connectivity index is 1.83. The monoisotopic (exact) mass is 269 g/mol. The van der Waals surface area contributed by atoms with E-state index in [-0.39, 0.29) is 0 Å². The van der Waals surface area contributed by atoms with Crippen LogP contribution in [0, 0.1) is 0 Å². The number of nitrogens with zero attached hydrogens (tertiary/aromatic N) is 1. The first-order chi connectivity index (χ1) is 8.28. The fraction of sp³-hybridized carbons (Fsp3) is 0.182. The zero-order valence-corrected chi connectivity index (χ0v) is 10.6. The molecule has 4 nitrogen and oxygen atoms in total. The summed E-state index contributed by atoms with van der Waals surface area (Å²) in [5.41, 5.74) is 3.55. The Bertz CT molecular complexity index is 489. The highest BCUT2D eigenvalue weighted by Crippen LogP contribution is 2.18. The van der Waals surface area contributed by atoms with Gasteiger partial charge in [0.05, 0.1) is 18.1 Å². The Morgan fingerprint density at radius 3 is 3.00 bits per heavy atom. The minimum Gasteiger partial charge on any atom is -0.371 e. The topological polar surface area (TPSA) is 60.2 Å². The molecule has 17 heavy (non-hydrogen) atoms. The number of hydrogen-bond donors (Lipinski definition) is 2. The number of hydrogen-bond acceptors (Lipinski definition) is 5. The third-order valence-electron chi connectivity index (χ3n) is 2.08. The van der Waals surface area contributed by atoms with Crippen LogP contribution in [0.1, 0.15) is 10.4 Å². The van der Waals surface area contributed by atoms with Crippen molar-refractivity contribution in [3.8, 4) is 0 Å². The second-order valence-electron chi connectivity index (χ2n) is 3.40. The Morgan fingerprint density at radius 1 is 1.41 bits per heavy atom. The first kappa shape index (κ1) is 12.3. The van der Waals surface area contributed by atoms with Gasteiger partial charge in [0, 0.05) is 11.2 Å². The molecule has 0 aliphatic rings. The van der Waals surface area contributed by atoms with Crippen LogP contribution in [-0.4, -0.2) is 4.98 Å². The number of rotatable bonds is 5. The standard InChI is InChI=1S/C11H12ClN3OS/c12-9-3-1-2-8(4-9)6-16-7-10-5-14-11(15-13)17-10/h1-5H,6-7,13H2,(H,14,15). The van der Waals surface area contributed by atoms with Crippen molar-refractivity contribution in [1.29, 1.82) is 0 Å². The molecule has 0 aliphatic carbocycles. The van der Waals surface area contributed by atoms with Crippen molar-refractivity contribution in [3.05, 3.63) is 45.9 Å². The van der Waals surface area contributed by atoms with E-state index in [1.807, 2.05) is 24.3 Å². The first-order valence-electron chi connectivity index (χ1n) is 5.01. The van der Waals surface area contributed by atoms with E-state index >= 15 is 0 Å². The summed E-state index contributed by atoms with van der Waals surface area (Å²) in [5.74, 6) is 5.24. The summed E-state index contributed by atoms with van der Waals surface area (Å²) >= 11 is 7.35. The van der Waals surface area contributed by atoms with E-state index in [9.17, 15) is 0 Å². The van der Waals surface area contributed by atoms with Gasteiger partial charge in [0.15, 0.2) is 5.13 Å². The highest BCUT2D eigenvalue weighted by Gasteiger charge is 2.01. The lowest BCUT2D eigenvalue weighted by Crippen LogP contribution is -2.05. The Morgan fingerprint density at radius 2 is 2.29 bits per heavy atom. The van der Waals surface area contributed by atoms with Crippen molar-refractivity contribution in [2.24, 2.45) is 5.84 Å². The van der Waals surface area contributed by atoms with Crippen LogP contribution in [0.3, 0.4) is 0 Å². The number of nitrogen functional groups attached to an aromatic ring is 1. The fourth-order valence-corrected chi connectivity index (χ4v) is 2.21. The SMILES string of the molecule is NNc1ncc(COCc2cccc(Cl)c2)s1. The predicted octanol–water partition coefficient (Wildman–Crippen LogP) is 2.80. The number of aromatic nitrogens is 1. The van der Waals surface area contributed by atoms with Gasteiger partial charge in [0.25, 0.3) is 0 Å². The summed E-state index contributed by atoms with van der Waals surface area (Å²) < 4.78 is 5.56. The van der Waals surface area contributed by atoms with Gasteiger partial charge in [0.2, 0.25) is 0 Å². The minimum absolute atomic E-state index is 0.520. The first-order valence-corrected chi connectivity index (χ1v) is 6.21. The van der Waals surface area contributed by atoms with Crippen LogP contribution in [0.4, 0.5) is 5.13 Å². The van der Waals surface area contributed by atoms with Crippen LogP contribution in [0.15, 0.2) is 30.5 Å². The lowest BCUT2D eigenvalue weighted by Gasteiger charge is -2.02. The molecule has 0 bridgehead atoms. The number of thiazole rings is 1. The molecule has 0 saturated carbocycles. The normalized spacial score (nSPS) is 10.5. The summed E-state index contributed by atoms with van der Waals surface area (Å²) in [6.07, 6.45) is 1.75. The van der Waals surface area contributed by atoms with Crippen LogP contribution >= 0.6 is 22.9 Å². The molecule has 0 saturated heterocycles. The van der Waals surface area contributed by atoms with Gasteiger partial charge in [-0.05, 0) is 17.7 Å². The van der Waals surface area contributed by atoms with Crippen molar-refractivity contribution >= 4 is 28.1 Å². The number of nitrogens with one attached hydrogen (secondary N) is 1. The van der Waals surface area contributed by atoms with Gasteiger partial charge < -0.3 is 4.74 Å². The smallest absolute Gasteiger partial charge is 0.197 e. The second kappa shape index (κ2) is 5.97. The molecule has 3 N–H and O–H groups in total.